The van der Waals surface area contributed by atoms with E-state index in [0.717, 1.165) is 64.8 Å². The Bertz CT molecular complexity index is 372. The summed E-state index contributed by atoms with van der Waals surface area (Å²) in [7, 11) is 0. The topological polar surface area (TPSA) is 36.9 Å². The van der Waals surface area contributed by atoms with Gasteiger partial charge in [0.15, 0.2) is 13.1 Å². The summed E-state index contributed by atoms with van der Waals surface area (Å²) in [5.74, 6) is 0. The molecule has 34 heavy (non-hydrogen) atoms. The van der Waals surface area contributed by atoms with Gasteiger partial charge in [-0.25, -0.2) is 0 Å². The molecule has 0 saturated carbocycles. The van der Waals surface area contributed by atoms with Crippen molar-refractivity contribution in [1.29, 1.82) is 0 Å². The van der Waals surface area contributed by atoms with Crippen molar-refractivity contribution in [2.75, 3.05) is 26.6 Å². The molecule has 204 valence electrons. The van der Waals surface area contributed by atoms with Crippen molar-refractivity contribution in [3.8, 4) is 0 Å². The van der Waals surface area contributed by atoms with Gasteiger partial charge in [0, 0.05) is 13.2 Å². The number of rotatable bonds is 29. The van der Waals surface area contributed by atoms with Crippen LogP contribution in [0, 0.1) is 0 Å². The fraction of sp³-hybridized carbons (Fsp3) is 0.933. The Balaban J connectivity index is 3.62. The molecule has 0 spiro atoms. The summed E-state index contributed by atoms with van der Waals surface area (Å²) in [6.07, 6.45) is 28.7. The molecule has 0 unspecified atom stereocenters. The molecule has 4 heteroatoms. The average Bonchev–Trinajstić information content (AvgIpc) is 2.85. The molecular weight excluding hydrogens is 424 g/mol. The van der Waals surface area contributed by atoms with Crippen molar-refractivity contribution < 1.29 is 18.9 Å². The Labute approximate surface area is 213 Å². The summed E-state index contributed by atoms with van der Waals surface area (Å²) < 4.78 is 23.1. The van der Waals surface area contributed by atoms with Gasteiger partial charge in [-0.15, -0.1) is 0 Å². The highest BCUT2D eigenvalue weighted by Gasteiger charge is 2.09. The van der Waals surface area contributed by atoms with Crippen molar-refractivity contribution in [1.82, 2.24) is 0 Å². The predicted octanol–water partition coefficient (Wildman–Crippen LogP) is 9.71. The van der Waals surface area contributed by atoms with Crippen LogP contribution in [0.4, 0.5) is 0 Å². The van der Waals surface area contributed by atoms with Crippen LogP contribution in [0.15, 0.2) is 12.3 Å². The number of unbranched alkanes of at least 4 members (excludes halogenated alkanes) is 15. The summed E-state index contributed by atoms with van der Waals surface area (Å²) in [4.78, 5) is 0. The lowest BCUT2D eigenvalue weighted by atomic mass is 10.1. The molecule has 0 aliphatic heterocycles. The molecule has 0 N–H and O–H groups in total. The number of hydrogen-bond donors (Lipinski definition) is 0. The first-order chi connectivity index (χ1) is 16.8. The molecule has 0 saturated heterocycles. The second-order valence-electron chi connectivity index (χ2n) is 9.62. The SMILES string of the molecule is CCCCCCCCCCOCOC=CCCCCC(OCCCCCC)OCCCCCC. The Morgan fingerprint density at radius 2 is 1.03 bits per heavy atom. The highest BCUT2D eigenvalue weighted by molar-refractivity contribution is 4.72. The normalized spacial score (nSPS) is 11.8. The van der Waals surface area contributed by atoms with Crippen molar-refractivity contribution in [2.45, 2.75) is 155 Å². The fourth-order valence-corrected chi connectivity index (χ4v) is 3.90. The minimum atomic E-state index is -0.0341. The molecule has 0 rings (SSSR count). The summed E-state index contributed by atoms with van der Waals surface area (Å²) >= 11 is 0. The van der Waals surface area contributed by atoms with E-state index in [0.29, 0.717) is 6.79 Å². The van der Waals surface area contributed by atoms with Gasteiger partial charge >= 0.3 is 0 Å². The molecule has 0 aromatic carbocycles. The van der Waals surface area contributed by atoms with Crippen molar-refractivity contribution >= 4 is 0 Å². The lowest BCUT2D eigenvalue weighted by Crippen LogP contribution is -2.19. The molecule has 0 fully saturated rings. The van der Waals surface area contributed by atoms with E-state index >= 15 is 0 Å². The van der Waals surface area contributed by atoms with E-state index in [9.17, 15) is 0 Å². The van der Waals surface area contributed by atoms with E-state index in [2.05, 4.69) is 26.8 Å². The van der Waals surface area contributed by atoms with Crippen LogP contribution in [0.3, 0.4) is 0 Å². The van der Waals surface area contributed by atoms with Gasteiger partial charge in [0.2, 0.25) is 0 Å². The fourth-order valence-electron chi connectivity index (χ4n) is 3.90. The van der Waals surface area contributed by atoms with Crippen LogP contribution < -0.4 is 0 Å². The van der Waals surface area contributed by atoms with Crippen LogP contribution >= 0.6 is 0 Å². The lowest BCUT2D eigenvalue weighted by Gasteiger charge is -2.18. The first-order valence-electron chi connectivity index (χ1n) is 14.9. The molecule has 0 amide bonds. The van der Waals surface area contributed by atoms with Crippen molar-refractivity contribution in [2.24, 2.45) is 0 Å². The summed E-state index contributed by atoms with van der Waals surface area (Å²) in [6.45, 7) is 9.58. The maximum Gasteiger partial charge on any atom is 0.188 e. The van der Waals surface area contributed by atoms with Gasteiger partial charge in [-0.05, 0) is 51.0 Å². The van der Waals surface area contributed by atoms with Gasteiger partial charge < -0.3 is 18.9 Å². The molecule has 0 radical (unpaired) electrons. The Kier molecular flexibility index (Phi) is 29.9. The number of ether oxygens (including phenoxy) is 4. The van der Waals surface area contributed by atoms with Crippen LogP contribution in [0.1, 0.15) is 149 Å². The molecule has 0 heterocycles. The Morgan fingerprint density at radius 3 is 1.62 bits per heavy atom. The van der Waals surface area contributed by atoms with E-state index in [1.54, 1.807) is 6.26 Å². The molecule has 0 aliphatic carbocycles. The summed E-state index contributed by atoms with van der Waals surface area (Å²) in [5.41, 5.74) is 0. The third kappa shape index (κ3) is 27.7. The molecule has 0 atom stereocenters. The van der Waals surface area contributed by atoms with E-state index in [-0.39, 0.29) is 6.29 Å². The second-order valence-corrected chi connectivity index (χ2v) is 9.62. The van der Waals surface area contributed by atoms with Crippen LogP contribution in [0.2, 0.25) is 0 Å². The van der Waals surface area contributed by atoms with Gasteiger partial charge in [-0.2, -0.15) is 0 Å². The summed E-state index contributed by atoms with van der Waals surface area (Å²) in [5, 5.41) is 0. The lowest BCUT2D eigenvalue weighted by molar-refractivity contribution is -0.148. The van der Waals surface area contributed by atoms with Crippen molar-refractivity contribution in [3.05, 3.63) is 12.3 Å². The molecule has 4 nitrogen and oxygen atoms in total. The Hall–Kier alpha value is -0.580. The van der Waals surface area contributed by atoms with Crippen LogP contribution in [0.25, 0.3) is 0 Å². The maximum absolute atomic E-state index is 6.04. The maximum atomic E-state index is 6.04. The van der Waals surface area contributed by atoms with Gasteiger partial charge in [0.1, 0.15) is 0 Å². The van der Waals surface area contributed by atoms with E-state index in [1.165, 1.54) is 83.5 Å². The van der Waals surface area contributed by atoms with Crippen molar-refractivity contribution in [3.63, 3.8) is 0 Å². The molecule has 0 aromatic heterocycles. The van der Waals surface area contributed by atoms with Gasteiger partial charge in [-0.1, -0.05) is 104 Å². The zero-order valence-electron chi connectivity index (χ0n) is 23.3. The third-order valence-corrected chi connectivity index (χ3v) is 6.15. The molecular formula is C30H60O4. The average molecular weight is 485 g/mol. The zero-order chi connectivity index (χ0) is 24.8. The smallest absolute Gasteiger partial charge is 0.188 e. The first kappa shape index (κ1) is 33.4. The number of hydrogen-bond acceptors (Lipinski definition) is 4. The number of allylic oxidation sites excluding steroid dienone is 1. The Morgan fingerprint density at radius 1 is 0.529 bits per heavy atom. The van der Waals surface area contributed by atoms with E-state index in [4.69, 9.17) is 18.9 Å². The molecule has 0 aliphatic rings. The van der Waals surface area contributed by atoms with Crippen LogP contribution in [-0.2, 0) is 18.9 Å². The summed E-state index contributed by atoms with van der Waals surface area (Å²) in [6, 6.07) is 0. The van der Waals surface area contributed by atoms with E-state index < -0.39 is 0 Å². The largest absolute Gasteiger partial charge is 0.475 e. The van der Waals surface area contributed by atoms with Crippen LogP contribution in [0.5, 0.6) is 0 Å². The first-order valence-corrected chi connectivity index (χ1v) is 14.9. The highest BCUT2D eigenvalue weighted by atomic mass is 16.7. The minimum Gasteiger partial charge on any atom is -0.475 e. The predicted molar refractivity (Wildman–Crippen MR) is 146 cm³/mol. The van der Waals surface area contributed by atoms with Crippen LogP contribution in [-0.4, -0.2) is 32.9 Å². The van der Waals surface area contributed by atoms with Gasteiger partial charge in [0.25, 0.3) is 0 Å². The standard InChI is InChI=1S/C30H60O4/c1-4-7-10-13-14-15-17-20-25-31-29-32-26-21-18-16-19-24-30(33-27-22-11-8-5-2)34-28-23-12-9-6-3/h21,26,30H,4-20,22-25,27-29H2,1-3H3. The van der Waals surface area contributed by atoms with Gasteiger partial charge in [0.05, 0.1) is 12.9 Å². The van der Waals surface area contributed by atoms with E-state index in [1.807, 2.05) is 0 Å². The monoisotopic (exact) mass is 484 g/mol. The highest BCUT2D eigenvalue weighted by Crippen LogP contribution is 2.12. The zero-order valence-corrected chi connectivity index (χ0v) is 23.3. The van der Waals surface area contributed by atoms with Gasteiger partial charge in [-0.3, -0.25) is 0 Å². The molecule has 0 aromatic rings. The second kappa shape index (κ2) is 30.5. The minimum absolute atomic E-state index is 0.0341. The quantitative estimate of drug-likeness (QED) is 0.0601. The molecule has 0 bridgehead atoms. The third-order valence-electron chi connectivity index (χ3n) is 6.15.